The molecule has 0 radical (unpaired) electrons. The number of sulfonamides is 1. The molecule has 1 aliphatic rings. The molecule has 0 atom stereocenters. The van der Waals surface area contributed by atoms with Crippen molar-refractivity contribution in [1.29, 1.82) is 0 Å². The van der Waals surface area contributed by atoms with Gasteiger partial charge in [0.25, 0.3) is 5.91 Å². The Morgan fingerprint density at radius 2 is 2.11 bits per heavy atom. The first-order chi connectivity index (χ1) is 13.0. The zero-order chi connectivity index (χ0) is 19.3. The van der Waals surface area contributed by atoms with Crippen molar-refractivity contribution < 1.29 is 27.1 Å². The lowest BCUT2D eigenvalue weighted by Crippen LogP contribution is -2.28. The minimum absolute atomic E-state index is 0.0761. The summed E-state index contributed by atoms with van der Waals surface area (Å²) in [7, 11) is -2.01. The summed E-state index contributed by atoms with van der Waals surface area (Å²) in [6, 6.07) is 8.47. The summed E-state index contributed by atoms with van der Waals surface area (Å²) in [5.41, 5.74) is 2.08. The van der Waals surface area contributed by atoms with Gasteiger partial charge in [0.15, 0.2) is 5.76 Å². The van der Waals surface area contributed by atoms with Gasteiger partial charge in [-0.15, -0.1) is 0 Å². The van der Waals surface area contributed by atoms with Crippen LogP contribution in [0.1, 0.15) is 16.1 Å². The number of carbonyl (C=O) groups excluding carboxylic acids is 1. The Labute approximate surface area is 158 Å². The number of fused-ring (bicyclic) bond motifs is 1. The topological polar surface area (TPSA) is 98.1 Å². The molecule has 27 heavy (non-hydrogen) atoms. The van der Waals surface area contributed by atoms with Crippen LogP contribution in [0.4, 0.5) is 11.4 Å². The molecule has 3 rings (SSSR count). The highest BCUT2D eigenvalue weighted by atomic mass is 32.2. The van der Waals surface area contributed by atoms with E-state index in [4.69, 9.17) is 13.9 Å². The highest BCUT2D eigenvalue weighted by Crippen LogP contribution is 2.32. The third-order valence-corrected chi connectivity index (χ3v) is 5.41. The number of ether oxygens (including phenoxy) is 2. The highest BCUT2D eigenvalue weighted by molar-refractivity contribution is 7.92. The predicted molar refractivity (Wildman–Crippen MR) is 101 cm³/mol. The number of carbonyl (C=O) groups is 1. The van der Waals surface area contributed by atoms with E-state index in [2.05, 4.69) is 4.72 Å². The summed E-state index contributed by atoms with van der Waals surface area (Å²) in [4.78, 5) is 14.2. The zero-order valence-electron chi connectivity index (χ0n) is 15.0. The lowest BCUT2D eigenvalue weighted by molar-refractivity contribution is 0.0785. The molecule has 0 saturated carbocycles. The van der Waals surface area contributed by atoms with Crippen molar-refractivity contribution in [2.45, 2.75) is 6.42 Å². The molecule has 2 heterocycles. The summed E-state index contributed by atoms with van der Waals surface area (Å²) in [6.45, 7) is 1.36. The van der Waals surface area contributed by atoms with Crippen LogP contribution in [0, 0.1) is 0 Å². The number of rotatable bonds is 9. The molecule has 1 amide bonds. The van der Waals surface area contributed by atoms with Crippen LogP contribution in [-0.2, 0) is 25.9 Å². The van der Waals surface area contributed by atoms with Crippen molar-refractivity contribution >= 4 is 27.3 Å². The van der Waals surface area contributed by atoms with E-state index in [1.165, 1.54) is 6.26 Å². The van der Waals surface area contributed by atoms with Crippen molar-refractivity contribution in [2.75, 3.05) is 48.9 Å². The van der Waals surface area contributed by atoms with Crippen molar-refractivity contribution in [2.24, 2.45) is 0 Å². The fourth-order valence-electron chi connectivity index (χ4n) is 2.83. The summed E-state index contributed by atoms with van der Waals surface area (Å²) < 4.78 is 42.2. The molecule has 1 aromatic carbocycles. The van der Waals surface area contributed by atoms with E-state index in [9.17, 15) is 13.2 Å². The maximum absolute atomic E-state index is 12.6. The maximum Gasteiger partial charge on any atom is 0.293 e. The van der Waals surface area contributed by atoms with Crippen LogP contribution in [0.15, 0.2) is 41.0 Å². The first kappa shape index (κ1) is 19.4. The third-order valence-electron chi connectivity index (χ3n) is 4.16. The molecule has 0 saturated heterocycles. The largest absolute Gasteiger partial charge is 0.459 e. The number of methoxy groups -OCH3 is 1. The number of nitrogens with zero attached hydrogens (tertiary/aromatic N) is 1. The number of hydrogen-bond acceptors (Lipinski definition) is 6. The van der Waals surface area contributed by atoms with Crippen LogP contribution in [-0.4, -0.2) is 53.6 Å². The molecule has 146 valence electrons. The Morgan fingerprint density at radius 1 is 1.26 bits per heavy atom. The van der Waals surface area contributed by atoms with E-state index in [0.717, 1.165) is 5.56 Å². The van der Waals surface area contributed by atoms with Crippen LogP contribution in [0.25, 0.3) is 0 Å². The molecule has 1 aliphatic heterocycles. The predicted octanol–water partition coefficient (Wildman–Crippen LogP) is 1.89. The molecule has 0 aliphatic carbocycles. The van der Waals surface area contributed by atoms with Gasteiger partial charge < -0.3 is 18.8 Å². The fourth-order valence-corrected chi connectivity index (χ4v) is 3.76. The summed E-state index contributed by atoms with van der Waals surface area (Å²) in [5, 5.41) is 0. The second-order valence-electron chi connectivity index (χ2n) is 6.05. The standard InChI is InChI=1S/C18H22N2O6S/c1-24-9-10-25-11-12-27(22,23)19-15-5-4-14-6-7-20(16(14)13-15)18(21)17-3-2-8-26-17/h2-5,8,13,19H,6-7,9-12H2,1H3. The molecule has 0 bridgehead atoms. The smallest absolute Gasteiger partial charge is 0.293 e. The Hall–Kier alpha value is -2.36. The highest BCUT2D eigenvalue weighted by Gasteiger charge is 2.27. The van der Waals surface area contributed by atoms with Crippen molar-refractivity contribution in [3.63, 3.8) is 0 Å². The number of amides is 1. The normalized spacial score (nSPS) is 13.6. The van der Waals surface area contributed by atoms with Gasteiger partial charge in [-0.2, -0.15) is 0 Å². The molecule has 2 aromatic rings. The van der Waals surface area contributed by atoms with Crippen molar-refractivity contribution in [1.82, 2.24) is 0 Å². The van der Waals surface area contributed by atoms with Gasteiger partial charge in [0.05, 0.1) is 37.5 Å². The van der Waals surface area contributed by atoms with Gasteiger partial charge in [-0.25, -0.2) is 8.42 Å². The Bertz CT molecular complexity index is 879. The quantitative estimate of drug-likeness (QED) is 0.652. The summed E-state index contributed by atoms with van der Waals surface area (Å²) in [6.07, 6.45) is 2.16. The molecule has 1 aromatic heterocycles. The third kappa shape index (κ3) is 4.88. The second-order valence-corrected chi connectivity index (χ2v) is 7.90. The number of hydrogen-bond donors (Lipinski definition) is 1. The van der Waals surface area contributed by atoms with Gasteiger partial charge in [0, 0.05) is 19.3 Å². The van der Waals surface area contributed by atoms with E-state index in [-0.39, 0.29) is 24.0 Å². The molecule has 8 nitrogen and oxygen atoms in total. The van der Waals surface area contributed by atoms with Crippen molar-refractivity contribution in [3.8, 4) is 0 Å². The van der Waals surface area contributed by atoms with Gasteiger partial charge in [0.2, 0.25) is 10.0 Å². The van der Waals surface area contributed by atoms with Gasteiger partial charge in [-0.05, 0) is 36.2 Å². The van der Waals surface area contributed by atoms with E-state index >= 15 is 0 Å². The van der Waals surface area contributed by atoms with Crippen LogP contribution in [0.3, 0.4) is 0 Å². The molecule has 9 heteroatoms. The lowest BCUT2D eigenvalue weighted by Gasteiger charge is -2.17. The number of furan rings is 1. The molecule has 0 unspecified atom stereocenters. The Morgan fingerprint density at radius 3 is 2.85 bits per heavy atom. The van der Waals surface area contributed by atoms with Crippen LogP contribution in [0.2, 0.25) is 0 Å². The van der Waals surface area contributed by atoms with Gasteiger partial charge >= 0.3 is 0 Å². The Kier molecular flexibility index (Phi) is 6.15. The monoisotopic (exact) mass is 394 g/mol. The average Bonchev–Trinajstić information content (AvgIpc) is 3.30. The molecular weight excluding hydrogens is 372 g/mol. The summed E-state index contributed by atoms with van der Waals surface area (Å²) in [5.74, 6) is -0.157. The van der Waals surface area contributed by atoms with Gasteiger partial charge in [-0.3, -0.25) is 9.52 Å². The SMILES string of the molecule is COCCOCCS(=O)(=O)Nc1ccc2c(c1)N(C(=O)c1ccco1)CC2. The van der Waals surface area contributed by atoms with E-state index < -0.39 is 10.0 Å². The summed E-state index contributed by atoms with van der Waals surface area (Å²) >= 11 is 0. The number of nitrogens with one attached hydrogen (secondary N) is 1. The minimum atomic E-state index is -3.56. The van der Waals surface area contributed by atoms with Gasteiger partial charge in [-0.1, -0.05) is 6.07 Å². The first-order valence-corrected chi connectivity index (χ1v) is 10.2. The number of benzene rings is 1. The fraction of sp³-hybridized carbons (Fsp3) is 0.389. The average molecular weight is 394 g/mol. The Balaban J connectivity index is 1.67. The van der Waals surface area contributed by atoms with E-state index in [1.807, 2.05) is 6.07 Å². The molecule has 0 spiro atoms. The van der Waals surface area contributed by atoms with Crippen molar-refractivity contribution in [3.05, 3.63) is 47.9 Å². The maximum atomic E-state index is 12.6. The minimum Gasteiger partial charge on any atom is -0.459 e. The van der Waals surface area contributed by atoms with E-state index in [0.29, 0.717) is 37.6 Å². The molecular formula is C18H22N2O6S. The lowest BCUT2D eigenvalue weighted by atomic mass is 10.1. The number of anilines is 2. The van der Waals surface area contributed by atoms with Crippen LogP contribution < -0.4 is 9.62 Å². The second kappa shape index (κ2) is 8.55. The molecule has 0 fully saturated rings. The first-order valence-electron chi connectivity index (χ1n) is 8.55. The van der Waals surface area contributed by atoms with Crippen LogP contribution in [0.5, 0.6) is 0 Å². The zero-order valence-corrected chi connectivity index (χ0v) is 15.8. The van der Waals surface area contributed by atoms with Crippen LogP contribution >= 0.6 is 0 Å². The van der Waals surface area contributed by atoms with E-state index in [1.54, 1.807) is 36.3 Å². The van der Waals surface area contributed by atoms with Gasteiger partial charge in [0.1, 0.15) is 0 Å². The molecule has 1 N–H and O–H groups in total.